The van der Waals surface area contributed by atoms with E-state index in [9.17, 15) is 9.59 Å². The Labute approximate surface area is 149 Å². The molecule has 2 aromatic rings. The lowest BCUT2D eigenvalue weighted by molar-refractivity contribution is -0.115. The molecule has 5 N–H and O–H groups in total. The molecule has 0 saturated carbocycles. The number of esters is 1. The summed E-state index contributed by atoms with van der Waals surface area (Å²) >= 11 is 1.30. The number of hydrogen-bond donors (Lipinski definition) is 3. The first kappa shape index (κ1) is 18.5. The van der Waals surface area contributed by atoms with Crippen molar-refractivity contribution in [3.05, 3.63) is 35.9 Å². The summed E-state index contributed by atoms with van der Waals surface area (Å²) in [4.78, 5) is 31.6. The Morgan fingerprint density at radius 1 is 1.16 bits per heavy atom. The molecule has 0 bridgehead atoms. The topological polar surface area (TPSA) is 133 Å². The van der Waals surface area contributed by atoms with Gasteiger partial charge in [0, 0.05) is 23.9 Å². The highest BCUT2D eigenvalue weighted by Crippen LogP contribution is 2.17. The lowest BCUT2D eigenvalue weighted by atomic mass is 10.2. The number of hydrogen-bond acceptors (Lipinski definition) is 8. The van der Waals surface area contributed by atoms with E-state index in [0.29, 0.717) is 40.4 Å². The number of anilines is 3. The number of nitrogens with zero attached hydrogens (tertiary/aromatic N) is 2. The Hall–Kier alpha value is -2.81. The predicted molar refractivity (Wildman–Crippen MR) is 97.2 cm³/mol. The van der Waals surface area contributed by atoms with E-state index < -0.39 is 5.97 Å². The number of thioether (sulfide) groups is 1. The molecule has 9 heteroatoms. The van der Waals surface area contributed by atoms with Crippen LogP contribution in [0.15, 0.2) is 35.5 Å². The molecule has 1 aromatic heterocycles. The van der Waals surface area contributed by atoms with Gasteiger partial charge in [0.25, 0.3) is 0 Å². The Kier molecular flexibility index (Phi) is 6.58. The van der Waals surface area contributed by atoms with Crippen LogP contribution in [0, 0.1) is 0 Å². The zero-order valence-electron chi connectivity index (χ0n) is 13.7. The molecule has 0 aliphatic heterocycles. The van der Waals surface area contributed by atoms with E-state index in [1.165, 1.54) is 17.8 Å². The molecular weight excluding hydrogens is 342 g/mol. The van der Waals surface area contributed by atoms with E-state index >= 15 is 0 Å². The maximum atomic E-state index is 12.0. The van der Waals surface area contributed by atoms with Gasteiger partial charge >= 0.3 is 5.97 Å². The number of nitrogen functional groups attached to an aromatic ring is 2. The zero-order valence-corrected chi connectivity index (χ0v) is 14.5. The molecule has 0 saturated heterocycles. The molecule has 0 atom stereocenters. The summed E-state index contributed by atoms with van der Waals surface area (Å²) in [5.41, 5.74) is 12.2. The number of nitrogens with one attached hydrogen (secondary N) is 1. The fourth-order valence-corrected chi connectivity index (χ4v) is 2.70. The van der Waals surface area contributed by atoms with E-state index in [1.54, 1.807) is 31.2 Å². The first-order valence-corrected chi connectivity index (χ1v) is 8.56. The molecule has 0 unspecified atom stereocenters. The second-order valence-electron chi connectivity index (χ2n) is 4.94. The average Bonchev–Trinajstić information content (AvgIpc) is 2.55. The van der Waals surface area contributed by atoms with Gasteiger partial charge in [-0.25, -0.2) is 14.8 Å². The van der Waals surface area contributed by atoms with Crippen molar-refractivity contribution in [2.75, 3.05) is 29.1 Å². The SMILES string of the molecule is CCOC(=O)c1ccc(NC(=O)CCSc2nc(N)cc(N)n2)cc1. The van der Waals surface area contributed by atoms with Crippen LogP contribution >= 0.6 is 11.8 Å². The van der Waals surface area contributed by atoms with Crippen molar-refractivity contribution in [2.45, 2.75) is 18.5 Å². The molecule has 2 rings (SSSR count). The third kappa shape index (κ3) is 5.96. The maximum Gasteiger partial charge on any atom is 0.338 e. The summed E-state index contributed by atoms with van der Waals surface area (Å²) in [6.07, 6.45) is 0.266. The van der Waals surface area contributed by atoms with Crippen LogP contribution in [0.5, 0.6) is 0 Å². The highest BCUT2D eigenvalue weighted by molar-refractivity contribution is 7.99. The molecule has 0 radical (unpaired) electrons. The minimum absolute atomic E-state index is 0.159. The van der Waals surface area contributed by atoms with Gasteiger partial charge < -0.3 is 21.5 Å². The number of amides is 1. The largest absolute Gasteiger partial charge is 0.462 e. The van der Waals surface area contributed by atoms with Crippen molar-refractivity contribution in [3.8, 4) is 0 Å². The van der Waals surface area contributed by atoms with Crippen molar-refractivity contribution in [1.82, 2.24) is 9.97 Å². The lowest BCUT2D eigenvalue weighted by Crippen LogP contribution is -2.12. The van der Waals surface area contributed by atoms with E-state index in [2.05, 4.69) is 15.3 Å². The van der Waals surface area contributed by atoms with E-state index in [-0.39, 0.29) is 12.3 Å². The molecule has 0 aliphatic carbocycles. The Balaban J connectivity index is 1.81. The normalized spacial score (nSPS) is 10.3. The average molecular weight is 361 g/mol. The molecule has 1 heterocycles. The van der Waals surface area contributed by atoms with E-state index in [0.717, 1.165) is 0 Å². The number of ether oxygens (including phenoxy) is 1. The lowest BCUT2D eigenvalue weighted by Gasteiger charge is -2.06. The smallest absolute Gasteiger partial charge is 0.338 e. The summed E-state index contributed by atoms with van der Waals surface area (Å²) in [6.45, 7) is 2.06. The van der Waals surface area contributed by atoms with Crippen LogP contribution in [0.25, 0.3) is 0 Å². The molecule has 0 fully saturated rings. The van der Waals surface area contributed by atoms with E-state index in [1.807, 2.05) is 0 Å². The molecule has 25 heavy (non-hydrogen) atoms. The van der Waals surface area contributed by atoms with Gasteiger partial charge in [-0.1, -0.05) is 11.8 Å². The van der Waals surface area contributed by atoms with Gasteiger partial charge in [0.05, 0.1) is 12.2 Å². The second-order valence-corrected chi connectivity index (χ2v) is 6.01. The number of carbonyl (C=O) groups is 2. The van der Waals surface area contributed by atoms with Gasteiger partial charge in [-0.2, -0.15) is 0 Å². The van der Waals surface area contributed by atoms with Crippen LogP contribution in [0.4, 0.5) is 17.3 Å². The second kappa shape index (κ2) is 8.88. The van der Waals surface area contributed by atoms with Crippen molar-refractivity contribution in [2.24, 2.45) is 0 Å². The highest BCUT2D eigenvalue weighted by atomic mass is 32.2. The van der Waals surface area contributed by atoms with Crippen molar-refractivity contribution in [1.29, 1.82) is 0 Å². The molecule has 132 valence electrons. The highest BCUT2D eigenvalue weighted by Gasteiger charge is 2.08. The summed E-state index contributed by atoms with van der Waals surface area (Å²) in [5, 5.41) is 3.19. The van der Waals surface area contributed by atoms with Crippen LogP contribution in [-0.4, -0.2) is 34.2 Å². The number of nitrogens with two attached hydrogens (primary N) is 2. The molecule has 1 aromatic carbocycles. The minimum atomic E-state index is -0.391. The molecular formula is C16H19N5O3S. The minimum Gasteiger partial charge on any atom is -0.462 e. The third-order valence-electron chi connectivity index (χ3n) is 2.99. The quantitative estimate of drug-likeness (QED) is 0.387. The maximum absolute atomic E-state index is 12.0. The number of rotatable bonds is 7. The van der Waals surface area contributed by atoms with Crippen molar-refractivity contribution in [3.63, 3.8) is 0 Å². The number of aromatic nitrogens is 2. The van der Waals surface area contributed by atoms with Crippen LogP contribution in [-0.2, 0) is 9.53 Å². The van der Waals surface area contributed by atoms with Gasteiger partial charge in [-0.3, -0.25) is 4.79 Å². The third-order valence-corrected chi connectivity index (χ3v) is 3.83. The zero-order chi connectivity index (χ0) is 18.2. The first-order valence-electron chi connectivity index (χ1n) is 7.58. The van der Waals surface area contributed by atoms with Gasteiger partial charge in [-0.05, 0) is 31.2 Å². The summed E-state index contributed by atoms with van der Waals surface area (Å²) in [5.74, 6) is 0.518. The molecule has 8 nitrogen and oxygen atoms in total. The van der Waals surface area contributed by atoms with Crippen molar-refractivity contribution >= 4 is 41.0 Å². The summed E-state index contributed by atoms with van der Waals surface area (Å²) < 4.78 is 4.90. The fourth-order valence-electron chi connectivity index (χ4n) is 1.89. The van der Waals surface area contributed by atoms with Gasteiger partial charge in [0.1, 0.15) is 11.6 Å². The summed E-state index contributed by atoms with van der Waals surface area (Å²) in [6, 6.07) is 7.98. The van der Waals surface area contributed by atoms with Crippen LogP contribution in [0.2, 0.25) is 0 Å². The Morgan fingerprint density at radius 2 is 1.80 bits per heavy atom. The number of carbonyl (C=O) groups excluding carboxylic acids is 2. The fraction of sp³-hybridized carbons (Fsp3) is 0.250. The number of benzene rings is 1. The van der Waals surface area contributed by atoms with Crippen molar-refractivity contribution < 1.29 is 14.3 Å². The predicted octanol–water partition coefficient (Wildman–Crippen LogP) is 1.94. The van der Waals surface area contributed by atoms with Gasteiger partial charge in [0.15, 0.2) is 5.16 Å². The molecule has 1 amide bonds. The standard InChI is InChI=1S/C16H19N5O3S/c1-2-24-15(23)10-3-5-11(6-4-10)19-14(22)7-8-25-16-20-12(17)9-13(18)21-16/h3-6,9H,2,7-8H2,1H3,(H,19,22)(H4,17,18,20,21). The van der Waals surface area contributed by atoms with E-state index in [4.69, 9.17) is 16.2 Å². The van der Waals surface area contributed by atoms with Crippen LogP contribution in [0.1, 0.15) is 23.7 Å². The van der Waals surface area contributed by atoms with Crippen LogP contribution < -0.4 is 16.8 Å². The molecule has 0 spiro atoms. The Bertz CT molecular complexity index is 732. The van der Waals surface area contributed by atoms with Gasteiger partial charge in [-0.15, -0.1) is 0 Å². The first-order chi connectivity index (χ1) is 12.0. The van der Waals surface area contributed by atoms with Crippen LogP contribution in [0.3, 0.4) is 0 Å². The molecule has 0 aliphatic rings. The Morgan fingerprint density at radius 3 is 2.40 bits per heavy atom. The van der Waals surface area contributed by atoms with Gasteiger partial charge in [0.2, 0.25) is 5.91 Å². The monoisotopic (exact) mass is 361 g/mol. The summed E-state index contributed by atoms with van der Waals surface area (Å²) in [7, 11) is 0.